The summed E-state index contributed by atoms with van der Waals surface area (Å²) in [5.41, 5.74) is 5.00. The minimum absolute atomic E-state index is 0. The van der Waals surface area contributed by atoms with E-state index in [0.29, 0.717) is 6.42 Å². The maximum atomic E-state index is 11.8. The first kappa shape index (κ1) is 31.3. The van der Waals surface area contributed by atoms with E-state index >= 15 is 0 Å². The molecule has 168 valence electrons. The van der Waals surface area contributed by atoms with Gasteiger partial charge in [-0.15, -0.1) is 0 Å². The van der Waals surface area contributed by atoms with Crippen LogP contribution in [-0.4, -0.2) is 23.8 Å². The fourth-order valence-electron chi connectivity index (χ4n) is 3.16. The Hall–Kier alpha value is -0.850. The summed E-state index contributed by atoms with van der Waals surface area (Å²) in [4.78, 5) is 33.5. The van der Waals surface area contributed by atoms with Gasteiger partial charge in [-0.25, -0.2) is 0 Å². The van der Waals surface area contributed by atoms with Crippen molar-refractivity contribution >= 4 is 17.8 Å². The molecule has 0 aromatic heterocycles. The first-order valence-corrected chi connectivity index (χ1v) is 11.4. The maximum Gasteiger partial charge on any atom is 1.00 e. The second kappa shape index (κ2) is 22.8. The van der Waals surface area contributed by atoms with E-state index in [0.717, 1.165) is 32.1 Å². The molecule has 0 aliphatic carbocycles. The molecule has 0 saturated heterocycles. The number of carboxylic acid groups (broad SMARTS) is 1. The largest absolute Gasteiger partial charge is 1.00 e. The number of nitrogens with two attached hydrogens (primary N) is 1. The zero-order valence-electron chi connectivity index (χ0n) is 19.3. The van der Waals surface area contributed by atoms with E-state index in [-0.39, 0.29) is 48.3 Å². The van der Waals surface area contributed by atoms with E-state index in [2.05, 4.69) is 24.4 Å². The Kier molecular flexibility index (Phi) is 23.8. The quantitative estimate of drug-likeness (QED) is 0.166. The molecule has 0 fully saturated rings. The molecule has 0 bridgehead atoms. The molecule has 1 atom stereocenters. The molecule has 7 heteroatoms. The van der Waals surface area contributed by atoms with Gasteiger partial charge in [0.25, 0.3) is 0 Å². The summed E-state index contributed by atoms with van der Waals surface area (Å²) in [6, 6.07) is -1.15. The number of hydrogen-bond acceptors (Lipinski definition) is 4. The Balaban J connectivity index is 0. The van der Waals surface area contributed by atoms with Crippen LogP contribution in [0.25, 0.3) is 0 Å². The molecular weight excluding hydrogens is 391 g/mol. The maximum absolute atomic E-state index is 11.8. The molecule has 0 aromatic carbocycles. The van der Waals surface area contributed by atoms with Crippen molar-refractivity contribution in [1.29, 1.82) is 0 Å². The fraction of sp³-hybridized carbons (Fsp3) is 0.783. The predicted octanol–water partition coefficient (Wildman–Crippen LogP) is 0.528. The molecule has 0 aliphatic heterocycles. The molecule has 0 aromatic rings. The van der Waals surface area contributed by atoms with Crippen molar-refractivity contribution in [3.63, 3.8) is 0 Å². The number of carbonyl (C=O) groups excluding carboxylic acids is 3. The van der Waals surface area contributed by atoms with E-state index in [9.17, 15) is 19.5 Å². The van der Waals surface area contributed by atoms with Crippen molar-refractivity contribution in [2.45, 2.75) is 116 Å². The third kappa shape index (κ3) is 21.8. The van der Waals surface area contributed by atoms with E-state index in [4.69, 9.17) is 5.73 Å². The van der Waals surface area contributed by atoms with E-state index in [1.54, 1.807) is 0 Å². The molecule has 0 aliphatic rings. The van der Waals surface area contributed by atoms with Crippen molar-refractivity contribution in [2.75, 3.05) is 0 Å². The molecule has 0 heterocycles. The molecule has 0 rings (SSSR count). The molecule has 0 unspecified atom stereocenters. The van der Waals surface area contributed by atoms with Crippen molar-refractivity contribution in [2.24, 2.45) is 5.73 Å². The zero-order valence-corrected chi connectivity index (χ0v) is 21.3. The van der Waals surface area contributed by atoms with Crippen LogP contribution in [0, 0.1) is 0 Å². The number of rotatable bonds is 20. The van der Waals surface area contributed by atoms with Crippen LogP contribution >= 0.6 is 0 Å². The third-order valence-corrected chi connectivity index (χ3v) is 4.96. The average molecular weight is 433 g/mol. The normalized spacial score (nSPS) is 11.8. The first-order chi connectivity index (χ1) is 14.0. The average Bonchev–Trinajstić information content (AvgIpc) is 2.67. The van der Waals surface area contributed by atoms with Crippen LogP contribution in [0.4, 0.5) is 0 Å². The number of unbranched alkanes of at least 4 members (excludes halogenated alkanes) is 11. The van der Waals surface area contributed by atoms with E-state index < -0.39 is 17.9 Å². The molecule has 0 spiro atoms. The molecule has 30 heavy (non-hydrogen) atoms. The molecule has 6 nitrogen and oxygen atoms in total. The van der Waals surface area contributed by atoms with Gasteiger partial charge in [-0.05, 0) is 38.5 Å². The van der Waals surface area contributed by atoms with Crippen LogP contribution in [0.3, 0.4) is 0 Å². The SMILES string of the molecule is CCCCCCCC/C=C\CCCCCCCC(=O)N[C@@H](CCC(N)=O)C(=O)[O-].[Na+]. The van der Waals surface area contributed by atoms with Crippen molar-refractivity contribution in [3.05, 3.63) is 12.2 Å². The summed E-state index contributed by atoms with van der Waals surface area (Å²) in [7, 11) is 0. The standard InChI is InChI=1S/C23H42N2O4.Na/c1-2-3-4-5-6-7-8-9-10-11-12-13-14-15-16-17-22(27)25-20(23(28)29)18-19-21(24)26;/h9-10,20H,2-8,11-19H2,1H3,(H2,24,26)(H,25,27)(H,28,29);/q;+1/p-1/b10-9-;/t20-;/m0./s1. The first-order valence-electron chi connectivity index (χ1n) is 11.4. The van der Waals surface area contributed by atoms with Crippen molar-refractivity contribution < 1.29 is 49.0 Å². The summed E-state index contributed by atoms with van der Waals surface area (Å²) < 4.78 is 0. The van der Waals surface area contributed by atoms with Gasteiger partial charge in [0.2, 0.25) is 11.8 Å². The second-order valence-electron chi connectivity index (χ2n) is 7.78. The topological polar surface area (TPSA) is 112 Å². The zero-order chi connectivity index (χ0) is 21.7. The van der Waals surface area contributed by atoms with Crippen LogP contribution in [0.5, 0.6) is 0 Å². The number of amides is 2. The number of nitrogens with one attached hydrogen (secondary N) is 1. The molecule has 0 saturated carbocycles. The predicted molar refractivity (Wildman–Crippen MR) is 115 cm³/mol. The number of allylic oxidation sites excluding steroid dienone is 2. The smallest absolute Gasteiger partial charge is 0.548 e. The van der Waals surface area contributed by atoms with Gasteiger partial charge in [0.1, 0.15) is 0 Å². The van der Waals surface area contributed by atoms with Gasteiger partial charge < -0.3 is 21.0 Å². The second-order valence-corrected chi connectivity index (χ2v) is 7.78. The Morgan fingerprint density at radius 1 is 0.833 bits per heavy atom. The van der Waals surface area contributed by atoms with Crippen molar-refractivity contribution in [1.82, 2.24) is 5.32 Å². The number of carboxylic acids is 1. The summed E-state index contributed by atoms with van der Waals surface area (Å²) in [6.07, 6.45) is 20.1. The van der Waals surface area contributed by atoms with Gasteiger partial charge in [-0.1, -0.05) is 70.4 Å². The molecule has 3 N–H and O–H groups in total. The molecule has 0 radical (unpaired) electrons. The monoisotopic (exact) mass is 432 g/mol. The van der Waals surface area contributed by atoms with Crippen molar-refractivity contribution in [3.8, 4) is 0 Å². The van der Waals surface area contributed by atoms with Crippen LogP contribution in [0.15, 0.2) is 12.2 Å². The van der Waals surface area contributed by atoms with Crippen LogP contribution in [0.2, 0.25) is 0 Å². The number of carbonyl (C=O) groups is 3. The summed E-state index contributed by atoms with van der Waals surface area (Å²) in [6.45, 7) is 2.24. The number of hydrogen-bond donors (Lipinski definition) is 2. The number of primary amides is 1. The Morgan fingerprint density at radius 3 is 1.83 bits per heavy atom. The van der Waals surface area contributed by atoms with Gasteiger partial charge in [0, 0.05) is 12.8 Å². The van der Waals surface area contributed by atoms with E-state index in [1.165, 1.54) is 51.4 Å². The summed E-state index contributed by atoms with van der Waals surface area (Å²) in [5, 5.41) is 13.4. The summed E-state index contributed by atoms with van der Waals surface area (Å²) >= 11 is 0. The Labute approximate surface area is 205 Å². The summed E-state index contributed by atoms with van der Waals surface area (Å²) in [5.74, 6) is -2.30. The molecule has 2 amide bonds. The van der Waals surface area contributed by atoms with Gasteiger partial charge in [0.15, 0.2) is 0 Å². The van der Waals surface area contributed by atoms with Crippen LogP contribution in [0.1, 0.15) is 110 Å². The third-order valence-electron chi connectivity index (χ3n) is 4.96. The minimum Gasteiger partial charge on any atom is -0.548 e. The van der Waals surface area contributed by atoms with Gasteiger partial charge in [-0.3, -0.25) is 9.59 Å². The van der Waals surface area contributed by atoms with E-state index in [1.807, 2.05) is 0 Å². The number of aliphatic carboxylic acids is 1. The Morgan fingerprint density at radius 2 is 1.33 bits per heavy atom. The van der Waals surface area contributed by atoms with Gasteiger partial charge in [0.05, 0.1) is 12.0 Å². The van der Waals surface area contributed by atoms with Gasteiger partial charge in [-0.2, -0.15) is 0 Å². The Bertz CT molecular complexity index is 484. The molecular formula is C23H41N2NaO4. The van der Waals surface area contributed by atoms with Gasteiger partial charge >= 0.3 is 29.6 Å². The van der Waals surface area contributed by atoms with Crippen LogP contribution in [-0.2, 0) is 14.4 Å². The fourth-order valence-corrected chi connectivity index (χ4v) is 3.16. The van der Waals surface area contributed by atoms with Crippen LogP contribution < -0.4 is 45.7 Å². The minimum atomic E-state index is -1.39.